The highest BCUT2D eigenvalue weighted by Crippen LogP contribution is 2.50. The van der Waals surface area contributed by atoms with Gasteiger partial charge in [0.15, 0.2) is 0 Å². The Labute approximate surface area is 193 Å². The van der Waals surface area contributed by atoms with E-state index >= 15 is 0 Å². The van der Waals surface area contributed by atoms with E-state index < -0.39 is 22.8 Å². The monoisotopic (exact) mass is 473 g/mol. The Bertz CT molecular complexity index is 1180. The quantitative estimate of drug-likeness (QED) is 0.607. The number of rotatable bonds is 5. The highest BCUT2D eigenvalue weighted by Gasteiger charge is 2.48. The zero-order valence-corrected chi connectivity index (χ0v) is 18.2. The van der Waals surface area contributed by atoms with Crippen molar-refractivity contribution in [3.8, 4) is 11.1 Å². The maximum atomic E-state index is 13.2. The van der Waals surface area contributed by atoms with Crippen molar-refractivity contribution in [1.82, 2.24) is 5.32 Å². The second-order valence-electron chi connectivity index (χ2n) is 9.21. The van der Waals surface area contributed by atoms with Crippen molar-refractivity contribution >= 4 is 5.91 Å². The Balaban J connectivity index is 1.41. The van der Waals surface area contributed by atoms with Gasteiger partial charge in [0, 0.05) is 0 Å². The van der Waals surface area contributed by atoms with E-state index in [1.807, 2.05) is 0 Å². The lowest BCUT2D eigenvalue weighted by Gasteiger charge is -2.41. The van der Waals surface area contributed by atoms with Crippen molar-refractivity contribution < 1.29 is 32.2 Å². The molecule has 1 atom stereocenters. The molecular weight excluding hydrogens is 450 g/mol. The van der Waals surface area contributed by atoms with Gasteiger partial charge in [0.2, 0.25) is 5.91 Å². The molecule has 2 fully saturated rings. The zero-order chi connectivity index (χ0) is 24.1. The summed E-state index contributed by atoms with van der Waals surface area (Å²) in [4.78, 5) is 13.1. The lowest BCUT2D eigenvalue weighted by Crippen LogP contribution is -2.59. The number of carbonyl (C=O) groups excluding carboxylic acids is 1. The van der Waals surface area contributed by atoms with Gasteiger partial charge in [-0.1, -0.05) is 36.4 Å². The van der Waals surface area contributed by atoms with Crippen molar-refractivity contribution in [2.75, 3.05) is 13.2 Å². The predicted octanol–water partition coefficient (Wildman–Crippen LogP) is 4.92. The topological polar surface area (TPSA) is 58.6 Å². The lowest BCUT2D eigenvalue weighted by molar-refractivity contribution is -0.145. The first-order chi connectivity index (χ1) is 16.1. The van der Waals surface area contributed by atoms with Gasteiger partial charge < -0.3 is 15.2 Å². The van der Waals surface area contributed by atoms with Gasteiger partial charge in [-0.3, -0.25) is 4.79 Å². The van der Waals surface area contributed by atoms with Gasteiger partial charge in [0.25, 0.3) is 0 Å². The fourth-order valence-corrected chi connectivity index (χ4v) is 4.46. The summed E-state index contributed by atoms with van der Waals surface area (Å²) in [6, 6.07) is 10.2. The van der Waals surface area contributed by atoms with Crippen LogP contribution < -0.4 is 5.32 Å². The highest BCUT2D eigenvalue weighted by molar-refractivity contribution is 5.90. The van der Waals surface area contributed by atoms with Gasteiger partial charge in [0.05, 0.1) is 30.4 Å². The molecule has 178 valence electrons. The Kier molecular flexibility index (Phi) is 5.41. The fraction of sp³-hybridized carbons (Fsp3) is 0.346. The molecule has 5 rings (SSSR count). The molecule has 0 radical (unpaired) electrons. The van der Waals surface area contributed by atoms with Crippen LogP contribution in [-0.4, -0.2) is 30.3 Å². The van der Waals surface area contributed by atoms with Gasteiger partial charge in [0.1, 0.15) is 11.2 Å². The van der Waals surface area contributed by atoms with Gasteiger partial charge >= 0.3 is 6.18 Å². The molecular formula is C26H23F4NO3. The number of hydrogen-bond acceptors (Lipinski definition) is 3. The van der Waals surface area contributed by atoms with Gasteiger partial charge in [-0.05, 0) is 65.8 Å². The molecule has 1 saturated heterocycles. The summed E-state index contributed by atoms with van der Waals surface area (Å²) < 4.78 is 58.3. The van der Waals surface area contributed by atoms with E-state index in [2.05, 4.69) is 5.32 Å². The van der Waals surface area contributed by atoms with Crippen LogP contribution in [0.3, 0.4) is 0 Å². The molecule has 4 nitrogen and oxygen atoms in total. The third kappa shape index (κ3) is 4.05. The molecule has 34 heavy (non-hydrogen) atoms. The van der Waals surface area contributed by atoms with E-state index in [0.717, 1.165) is 17.7 Å². The minimum atomic E-state index is -4.50. The van der Waals surface area contributed by atoms with E-state index in [1.165, 1.54) is 18.2 Å². The zero-order valence-electron chi connectivity index (χ0n) is 18.2. The molecule has 3 aliphatic rings. The number of carbonyl (C=O) groups is 1. The average molecular weight is 473 g/mol. The molecule has 1 amide bonds. The van der Waals surface area contributed by atoms with Crippen molar-refractivity contribution in [3.63, 3.8) is 0 Å². The number of halogens is 4. The molecule has 0 spiro atoms. The van der Waals surface area contributed by atoms with Crippen molar-refractivity contribution in [2.45, 2.75) is 42.5 Å². The fourth-order valence-electron chi connectivity index (χ4n) is 4.46. The number of hydrogen-bond donors (Lipinski definition) is 2. The minimum absolute atomic E-state index is 0.199. The van der Waals surface area contributed by atoms with Crippen LogP contribution in [0.5, 0.6) is 0 Å². The van der Waals surface area contributed by atoms with Crippen LogP contribution in [0, 0.1) is 0 Å². The first-order valence-electron chi connectivity index (χ1n) is 11.1. The number of aliphatic hydroxyl groups is 1. The minimum Gasteiger partial charge on any atom is -0.385 e. The van der Waals surface area contributed by atoms with Crippen LogP contribution in [0.1, 0.15) is 36.0 Å². The second-order valence-corrected chi connectivity index (χ2v) is 9.21. The molecule has 1 saturated carbocycles. The third-order valence-corrected chi connectivity index (χ3v) is 6.82. The van der Waals surface area contributed by atoms with Crippen molar-refractivity contribution in [3.05, 3.63) is 83.2 Å². The summed E-state index contributed by atoms with van der Waals surface area (Å²) in [5.41, 5.74) is -0.761. The standard InChI is InChI=1S/C26H23F4NO3/c27-19-6-8-20(9-7-19)31-23(32)24(14-34-15-24)17-3-1-16(2-4-17)21-10-5-18(26(28,29)30)13-22(21)25(33)11-12-25/h1-8,10,13,20,33H,9,11-12,14-15H2,(H,31,32). The van der Waals surface area contributed by atoms with Crippen LogP contribution in [0.25, 0.3) is 11.1 Å². The SMILES string of the molecule is O=C(NC1C=CC(F)=CC1)C1(c2ccc(-c3ccc(C(F)(F)F)cc3C3(O)CC3)cc2)COC1. The summed E-state index contributed by atoms with van der Waals surface area (Å²) >= 11 is 0. The van der Waals surface area contributed by atoms with Crippen molar-refractivity contribution in [1.29, 1.82) is 0 Å². The van der Waals surface area contributed by atoms with Crippen LogP contribution in [-0.2, 0) is 26.7 Å². The summed E-state index contributed by atoms with van der Waals surface area (Å²) in [5.74, 6) is -0.555. The van der Waals surface area contributed by atoms with E-state index in [1.54, 1.807) is 30.3 Å². The Morgan fingerprint density at radius 2 is 1.79 bits per heavy atom. The molecule has 1 unspecified atom stereocenters. The first-order valence-corrected chi connectivity index (χ1v) is 11.1. The number of allylic oxidation sites excluding steroid dienone is 2. The third-order valence-electron chi connectivity index (χ3n) is 6.82. The number of benzene rings is 2. The van der Waals surface area contributed by atoms with Crippen LogP contribution in [0.4, 0.5) is 17.6 Å². The van der Waals surface area contributed by atoms with Gasteiger partial charge in [-0.2, -0.15) is 13.2 Å². The summed E-state index contributed by atoms with van der Waals surface area (Å²) in [7, 11) is 0. The average Bonchev–Trinajstić information content (AvgIpc) is 3.52. The number of ether oxygens (including phenoxy) is 1. The smallest absolute Gasteiger partial charge is 0.385 e. The van der Waals surface area contributed by atoms with E-state index in [9.17, 15) is 27.5 Å². The van der Waals surface area contributed by atoms with E-state index in [0.29, 0.717) is 30.4 Å². The molecule has 0 aromatic heterocycles. The molecule has 2 N–H and O–H groups in total. The summed E-state index contributed by atoms with van der Waals surface area (Å²) in [5, 5.41) is 13.6. The van der Waals surface area contributed by atoms with Crippen LogP contribution in [0.15, 0.2) is 66.5 Å². The Morgan fingerprint density at radius 3 is 2.32 bits per heavy atom. The number of nitrogens with one attached hydrogen (secondary N) is 1. The van der Waals surface area contributed by atoms with Crippen molar-refractivity contribution in [2.24, 2.45) is 0 Å². The number of alkyl halides is 3. The molecule has 2 aromatic carbocycles. The van der Waals surface area contributed by atoms with E-state index in [-0.39, 0.29) is 36.6 Å². The maximum absolute atomic E-state index is 13.2. The molecule has 8 heteroatoms. The molecule has 2 aromatic rings. The Hall–Kier alpha value is -2.97. The second kappa shape index (κ2) is 8.06. The van der Waals surface area contributed by atoms with Crippen LogP contribution >= 0.6 is 0 Å². The first kappa shape index (κ1) is 22.8. The maximum Gasteiger partial charge on any atom is 0.416 e. The molecule has 0 bridgehead atoms. The highest BCUT2D eigenvalue weighted by atomic mass is 19.4. The van der Waals surface area contributed by atoms with Crippen LogP contribution in [0.2, 0.25) is 0 Å². The number of amides is 1. The van der Waals surface area contributed by atoms with E-state index in [4.69, 9.17) is 4.74 Å². The largest absolute Gasteiger partial charge is 0.416 e. The van der Waals surface area contributed by atoms with Gasteiger partial charge in [-0.25, -0.2) is 4.39 Å². The van der Waals surface area contributed by atoms with Gasteiger partial charge in [-0.15, -0.1) is 0 Å². The molecule has 1 aliphatic heterocycles. The summed E-state index contributed by atoms with van der Waals surface area (Å²) in [6.45, 7) is 0.397. The predicted molar refractivity (Wildman–Crippen MR) is 117 cm³/mol. The summed E-state index contributed by atoms with van der Waals surface area (Å²) in [6.07, 6.45) is 1.04. The lowest BCUT2D eigenvalue weighted by atomic mass is 9.77. The molecule has 2 aliphatic carbocycles. The normalized spacial score (nSPS) is 22.5. The molecule has 1 heterocycles. The Morgan fingerprint density at radius 1 is 1.09 bits per heavy atom.